The first kappa shape index (κ1) is 25.9. The van der Waals surface area contributed by atoms with Crippen molar-refractivity contribution >= 4 is 41.5 Å². The van der Waals surface area contributed by atoms with Crippen LogP contribution in [0.3, 0.4) is 0 Å². The van der Waals surface area contributed by atoms with Gasteiger partial charge in [-0.25, -0.2) is 0 Å². The van der Waals surface area contributed by atoms with Crippen LogP contribution in [0.1, 0.15) is 25.0 Å². The minimum Gasteiger partial charge on any atom is -0.376 e. The smallest absolute Gasteiger partial charge is 0.221 e. The van der Waals surface area contributed by atoms with Crippen molar-refractivity contribution in [2.45, 2.75) is 26.9 Å². The third kappa shape index (κ3) is 10.6. The summed E-state index contributed by atoms with van der Waals surface area (Å²) in [5.41, 5.74) is 3.20. The topological polar surface area (TPSA) is 74.8 Å². The highest BCUT2D eigenvalue weighted by atomic mass is 127. The molecular weight excluding hydrogens is 491 g/mol. The van der Waals surface area contributed by atoms with E-state index in [1.54, 1.807) is 7.05 Å². The number of guanidine groups is 1. The van der Waals surface area contributed by atoms with E-state index < -0.39 is 0 Å². The molecule has 0 aliphatic carbocycles. The van der Waals surface area contributed by atoms with Gasteiger partial charge in [0.1, 0.15) is 0 Å². The van der Waals surface area contributed by atoms with Gasteiger partial charge in [0.25, 0.3) is 0 Å². The lowest BCUT2D eigenvalue weighted by Gasteiger charge is -2.16. The zero-order valence-electron chi connectivity index (χ0n) is 18.0. The maximum Gasteiger partial charge on any atom is 0.221 e. The fourth-order valence-corrected chi connectivity index (χ4v) is 2.79. The maximum atomic E-state index is 11.1. The third-order valence-electron chi connectivity index (χ3n) is 4.34. The van der Waals surface area contributed by atoms with Crippen LogP contribution in [0.5, 0.6) is 0 Å². The number of amides is 1. The largest absolute Gasteiger partial charge is 0.376 e. The van der Waals surface area contributed by atoms with Crippen molar-refractivity contribution in [3.8, 4) is 0 Å². The Balaban J connectivity index is 0.00000450. The lowest BCUT2D eigenvalue weighted by Crippen LogP contribution is -2.40. The van der Waals surface area contributed by atoms with Crippen LogP contribution in [0, 0.1) is 5.92 Å². The van der Waals surface area contributed by atoms with Crippen LogP contribution in [0.2, 0.25) is 0 Å². The molecule has 0 aromatic heterocycles. The zero-order chi connectivity index (χ0) is 20.9. The summed E-state index contributed by atoms with van der Waals surface area (Å²) in [7, 11) is 1.77. The van der Waals surface area contributed by atoms with Gasteiger partial charge in [-0.15, -0.1) is 24.0 Å². The molecule has 6 nitrogen and oxygen atoms in total. The summed E-state index contributed by atoms with van der Waals surface area (Å²) in [6, 6.07) is 18.1. The number of nitrogens with zero attached hydrogens (tertiary/aromatic N) is 1. The van der Waals surface area contributed by atoms with Gasteiger partial charge in [-0.1, -0.05) is 49.4 Å². The monoisotopic (exact) mass is 524 g/mol. The van der Waals surface area contributed by atoms with Crippen LogP contribution in [0.25, 0.3) is 0 Å². The van der Waals surface area contributed by atoms with E-state index in [-0.39, 0.29) is 29.9 Å². The molecule has 0 aliphatic rings. The molecule has 0 spiro atoms. The number of ether oxygens (including phenoxy) is 1. The molecule has 164 valence electrons. The standard InChI is InChI=1S/C23H32N4O2.HI/c1-18(16-29-17-21-7-5-4-6-8-21)15-26-23(24-3)25-14-13-20-9-11-22(12-10-20)27-19(2)28;/h4-12,18H,13-17H2,1-3H3,(H,27,28)(H2,24,25,26);1H. The Kier molecular flexibility index (Phi) is 12.8. The van der Waals surface area contributed by atoms with Gasteiger partial charge in [-0.3, -0.25) is 9.79 Å². The Morgan fingerprint density at radius 3 is 2.37 bits per heavy atom. The van der Waals surface area contributed by atoms with Crippen LogP contribution in [0.4, 0.5) is 5.69 Å². The molecule has 1 atom stereocenters. The number of carbonyl (C=O) groups excluding carboxylic acids is 1. The molecule has 30 heavy (non-hydrogen) atoms. The first-order chi connectivity index (χ1) is 14.1. The lowest BCUT2D eigenvalue weighted by molar-refractivity contribution is -0.114. The second kappa shape index (κ2) is 14.8. The Labute approximate surface area is 196 Å². The van der Waals surface area contributed by atoms with Gasteiger partial charge < -0.3 is 20.7 Å². The Bertz CT molecular complexity index is 767. The number of rotatable bonds is 10. The Morgan fingerprint density at radius 2 is 1.73 bits per heavy atom. The minimum atomic E-state index is -0.0611. The predicted molar refractivity (Wildman–Crippen MR) is 134 cm³/mol. The number of hydrogen-bond donors (Lipinski definition) is 3. The molecule has 0 fully saturated rings. The summed E-state index contributed by atoms with van der Waals surface area (Å²) < 4.78 is 5.79. The van der Waals surface area contributed by atoms with Crippen molar-refractivity contribution in [1.82, 2.24) is 10.6 Å². The van der Waals surface area contributed by atoms with Gasteiger partial charge in [0, 0.05) is 32.7 Å². The number of carbonyl (C=O) groups is 1. The van der Waals surface area contributed by atoms with Crippen molar-refractivity contribution in [1.29, 1.82) is 0 Å². The summed E-state index contributed by atoms with van der Waals surface area (Å²) in [5, 5.41) is 9.45. The molecule has 0 aliphatic heterocycles. The van der Waals surface area contributed by atoms with Crippen molar-refractivity contribution in [2.24, 2.45) is 10.9 Å². The second-order valence-corrected chi connectivity index (χ2v) is 7.11. The first-order valence-electron chi connectivity index (χ1n) is 9.99. The maximum absolute atomic E-state index is 11.1. The highest BCUT2D eigenvalue weighted by Gasteiger charge is 2.05. The first-order valence-corrected chi connectivity index (χ1v) is 9.99. The van der Waals surface area contributed by atoms with Crippen LogP contribution >= 0.6 is 24.0 Å². The SMILES string of the molecule is CN=C(NCCc1ccc(NC(C)=O)cc1)NCC(C)COCc1ccccc1.I. The molecule has 7 heteroatoms. The molecule has 0 radical (unpaired) electrons. The molecule has 3 N–H and O–H groups in total. The highest BCUT2D eigenvalue weighted by Crippen LogP contribution is 2.09. The normalized spacial score (nSPS) is 11.9. The van der Waals surface area contributed by atoms with E-state index >= 15 is 0 Å². The second-order valence-electron chi connectivity index (χ2n) is 7.11. The van der Waals surface area contributed by atoms with Crippen molar-refractivity contribution < 1.29 is 9.53 Å². The molecule has 2 aromatic rings. The zero-order valence-corrected chi connectivity index (χ0v) is 20.3. The molecule has 0 bridgehead atoms. The Morgan fingerprint density at radius 1 is 1.03 bits per heavy atom. The number of benzene rings is 2. The lowest BCUT2D eigenvalue weighted by atomic mass is 10.1. The van der Waals surface area contributed by atoms with Gasteiger partial charge in [0.05, 0.1) is 13.2 Å². The molecule has 0 heterocycles. The van der Waals surface area contributed by atoms with Gasteiger partial charge >= 0.3 is 0 Å². The Hall–Kier alpha value is -2.13. The van der Waals surface area contributed by atoms with E-state index in [1.165, 1.54) is 18.1 Å². The third-order valence-corrected chi connectivity index (χ3v) is 4.34. The average molecular weight is 524 g/mol. The van der Waals surface area contributed by atoms with Crippen LogP contribution < -0.4 is 16.0 Å². The molecule has 1 amide bonds. The van der Waals surface area contributed by atoms with Crippen LogP contribution in [0.15, 0.2) is 59.6 Å². The summed E-state index contributed by atoms with van der Waals surface area (Å²) in [6.45, 7) is 6.56. The average Bonchev–Trinajstić information content (AvgIpc) is 2.72. The number of hydrogen-bond acceptors (Lipinski definition) is 3. The van der Waals surface area contributed by atoms with Crippen molar-refractivity contribution in [2.75, 3.05) is 32.1 Å². The fraction of sp³-hybridized carbons (Fsp3) is 0.391. The van der Waals surface area contributed by atoms with Crippen molar-refractivity contribution in [3.63, 3.8) is 0 Å². The van der Waals surface area contributed by atoms with E-state index in [0.29, 0.717) is 19.1 Å². The molecule has 0 saturated heterocycles. The molecule has 2 aromatic carbocycles. The summed E-state index contributed by atoms with van der Waals surface area (Å²) >= 11 is 0. The van der Waals surface area contributed by atoms with Gasteiger partial charge in [-0.2, -0.15) is 0 Å². The number of anilines is 1. The number of aliphatic imine (C=N–C) groups is 1. The van der Waals surface area contributed by atoms with Gasteiger partial charge in [0.2, 0.25) is 5.91 Å². The summed E-state index contributed by atoms with van der Waals surface area (Å²) in [5.74, 6) is 1.10. The van der Waals surface area contributed by atoms with Crippen LogP contribution in [-0.2, 0) is 22.6 Å². The molecule has 0 saturated carbocycles. The van der Waals surface area contributed by atoms with E-state index in [4.69, 9.17) is 4.74 Å². The van der Waals surface area contributed by atoms with Gasteiger partial charge in [-0.05, 0) is 35.6 Å². The number of halogens is 1. The van der Waals surface area contributed by atoms with E-state index in [0.717, 1.165) is 31.2 Å². The quantitative estimate of drug-likeness (QED) is 0.251. The van der Waals surface area contributed by atoms with E-state index in [9.17, 15) is 4.79 Å². The summed E-state index contributed by atoms with van der Waals surface area (Å²) in [6.07, 6.45) is 0.872. The molecule has 2 rings (SSSR count). The van der Waals surface area contributed by atoms with E-state index in [2.05, 4.69) is 40.0 Å². The molecule has 1 unspecified atom stereocenters. The van der Waals surface area contributed by atoms with Crippen molar-refractivity contribution in [3.05, 3.63) is 65.7 Å². The number of nitrogens with one attached hydrogen (secondary N) is 3. The van der Waals surface area contributed by atoms with E-state index in [1.807, 2.05) is 42.5 Å². The molecular formula is C23H33IN4O2. The fourth-order valence-electron chi connectivity index (χ4n) is 2.79. The summed E-state index contributed by atoms with van der Waals surface area (Å²) in [4.78, 5) is 15.3. The predicted octanol–water partition coefficient (Wildman–Crippen LogP) is 3.82. The van der Waals surface area contributed by atoms with Crippen LogP contribution in [-0.4, -0.2) is 38.6 Å². The highest BCUT2D eigenvalue weighted by molar-refractivity contribution is 14.0. The minimum absolute atomic E-state index is 0. The van der Waals surface area contributed by atoms with Gasteiger partial charge in [0.15, 0.2) is 5.96 Å².